The topological polar surface area (TPSA) is 120 Å². The van der Waals surface area contributed by atoms with Crippen molar-refractivity contribution in [1.82, 2.24) is 35.3 Å². The Bertz CT molecular complexity index is 1520. The number of rotatable bonds is 8. The van der Waals surface area contributed by atoms with E-state index in [0.29, 0.717) is 44.1 Å². The van der Waals surface area contributed by atoms with Crippen LogP contribution >= 0.6 is 11.3 Å². The summed E-state index contributed by atoms with van der Waals surface area (Å²) in [4.78, 5) is 40.7. The average molecular weight is 547 g/mol. The molecule has 2 N–H and O–H groups in total. The van der Waals surface area contributed by atoms with Crippen LogP contribution in [0.3, 0.4) is 0 Å². The average Bonchev–Trinajstić information content (AvgIpc) is 3.62. The first-order valence-corrected chi connectivity index (χ1v) is 13.9. The van der Waals surface area contributed by atoms with Crippen LogP contribution in [0, 0.1) is 0 Å². The number of H-pyrrole nitrogens is 1. The van der Waals surface area contributed by atoms with E-state index in [9.17, 15) is 9.59 Å². The predicted octanol–water partition coefficient (Wildman–Crippen LogP) is 2.02. The van der Waals surface area contributed by atoms with E-state index >= 15 is 0 Å². The van der Waals surface area contributed by atoms with Gasteiger partial charge in [0.2, 0.25) is 0 Å². The van der Waals surface area contributed by atoms with E-state index in [1.807, 2.05) is 29.3 Å². The van der Waals surface area contributed by atoms with Gasteiger partial charge in [-0.3, -0.25) is 14.8 Å². The van der Waals surface area contributed by atoms with Gasteiger partial charge in [-0.05, 0) is 12.1 Å². The summed E-state index contributed by atoms with van der Waals surface area (Å²) < 4.78 is 6.70. The number of aromatic amines is 1. The zero-order chi connectivity index (χ0) is 26.8. The molecule has 39 heavy (non-hydrogen) atoms. The zero-order valence-corrected chi connectivity index (χ0v) is 22.4. The number of ether oxygens (including phenoxy) is 1. The molecule has 1 aromatic carbocycles. The summed E-state index contributed by atoms with van der Waals surface area (Å²) in [5, 5.41) is 10.8. The number of fused-ring (bicyclic) bond motifs is 2. The van der Waals surface area contributed by atoms with E-state index < -0.39 is 0 Å². The molecule has 202 valence electrons. The first-order valence-electron chi connectivity index (χ1n) is 13.0. The van der Waals surface area contributed by atoms with E-state index in [4.69, 9.17) is 14.7 Å². The van der Waals surface area contributed by atoms with Crippen LogP contribution in [-0.2, 0) is 20.9 Å². The van der Waals surface area contributed by atoms with Crippen molar-refractivity contribution in [3.05, 3.63) is 47.6 Å². The van der Waals surface area contributed by atoms with Gasteiger partial charge in [-0.15, -0.1) is 11.3 Å². The number of piperazine rings is 1. The third-order valence-corrected chi connectivity index (χ3v) is 8.29. The molecular formula is C27H30N8O3S. The summed E-state index contributed by atoms with van der Waals surface area (Å²) >= 11 is 1.75. The Balaban J connectivity index is 1.24. The van der Waals surface area contributed by atoms with Gasteiger partial charge in [-0.2, -0.15) is 5.10 Å². The number of hydrogen-bond acceptors (Lipinski definition) is 10. The second-order valence-corrected chi connectivity index (χ2v) is 10.8. The van der Waals surface area contributed by atoms with Crippen LogP contribution in [0.15, 0.2) is 42.7 Å². The normalized spacial score (nSPS) is 16.6. The standard InChI is InChI=1S/C27H30N8O3S/c1-18(27(37)28-5-12-36)34-8-6-33(7-9-34)17-19-15-23-24(39-19)26(35-10-13-38-14-11-35)31-25(30-23)20-3-2-4-22-21(20)16-29-32-22/h2-4,12,15-16H,1,5-11,13-14,17H2,(H,28,37)(H,29,32). The second kappa shape index (κ2) is 11.1. The van der Waals surface area contributed by atoms with Crippen molar-refractivity contribution >= 4 is 50.5 Å². The number of carbonyl (C=O) groups is 2. The molecule has 0 saturated carbocycles. The highest BCUT2D eigenvalue weighted by molar-refractivity contribution is 7.19. The highest BCUT2D eigenvalue weighted by atomic mass is 32.1. The second-order valence-electron chi connectivity index (χ2n) is 9.62. The van der Waals surface area contributed by atoms with Gasteiger partial charge >= 0.3 is 0 Å². The number of aromatic nitrogens is 4. The Labute approximate surface area is 229 Å². The van der Waals surface area contributed by atoms with Crippen molar-refractivity contribution in [2.45, 2.75) is 6.54 Å². The molecule has 2 aliphatic heterocycles. The molecule has 0 radical (unpaired) electrons. The summed E-state index contributed by atoms with van der Waals surface area (Å²) in [7, 11) is 0. The van der Waals surface area contributed by atoms with Crippen molar-refractivity contribution in [1.29, 1.82) is 0 Å². The summed E-state index contributed by atoms with van der Waals surface area (Å²) in [6.45, 7) is 10.7. The highest BCUT2D eigenvalue weighted by Crippen LogP contribution is 2.36. The number of aldehydes is 1. The quantitative estimate of drug-likeness (QED) is 0.253. The van der Waals surface area contributed by atoms with E-state index in [1.54, 1.807) is 11.3 Å². The number of nitrogens with one attached hydrogen (secondary N) is 2. The minimum absolute atomic E-state index is 0.00196. The molecular weight excluding hydrogens is 516 g/mol. The molecule has 0 spiro atoms. The number of carbonyl (C=O) groups excluding carboxylic acids is 2. The van der Waals surface area contributed by atoms with Crippen molar-refractivity contribution in [3.8, 4) is 11.4 Å². The number of hydrogen-bond donors (Lipinski definition) is 2. The Kier molecular flexibility index (Phi) is 7.22. The largest absolute Gasteiger partial charge is 0.378 e. The molecule has 1 amide bonds. The molecule has 5 heterocycles. The van der Waals surface area contributed by atoms with Crippen LogP contribution in [0.4, 0.5) is 5.82 Å². The maximum Gasteiger partial charge on any atom is 0.267 e. The molecule has 2 saturated heterocycles. The van der Waals surface area contributed by atoms with E-state index in [-0.39, 0.29) is 12.5 Å². The van der Waals surface area contributed by atoms with Gasteiger partial charge in [-0.1, -0.05) is 18.7 Å². The first kappa shape index (κ1) is 25.4. The minimum atomic E-state index is -0.295. The molecule has 2 aliphatic rings. The highest BCUT2D eigenvalue weighted by Gasteiger charge is 2.24. The number of anilines is 1. The monoisotopic (exact) mass is 546 g/mol. The molecule has 0 atom stereocenters. The predicted molar refractivity (Wildman–Crippen MR) is 151 cm³/mol. The molecule has 2 fully saturated rings. The van der Waals surface area contributed by atoms with Gasteiger partial charge in [0.15, 0.2) is 11.6 Å². The maximum atomic E-state index is 12.2. The number of thiophene rings is 1. The summed E-state index contributed by atoms with van der Waals surface area (Å²) in [5.41, 5.74) is 3.27. The molecule has 11 nitrogen and oxygen atoms in total. The molecule has 0 bridgehead atoms. The number of nitrogens with zero attached hydrogens (tertiary/aromatic N) is 6. The summed E-state index contributed by atoms with van der Waals surface area (Å²) in [6, 6.07) is 8.23. The van der Waals surface area contributed by atoms with Crippen molar-refractivity contribution in [3.63, 3.8) is 0 Å². The fourth-order valence-corrected chi connectivity index (χ4v) is 6.25. The molecule has 0 aliphatic carbocycles. The van der Waals surface area contributed by atoms with Crippen LogP contribution in [0.1, 0.15) is 4.88 Å². The Morgan fingerprint density at radius 2 is 1.97 bits per heavy atom. The van der Waals surface area contributed by atoms with Gasteiger partial charge in [0.1, 0.15) is 6.29 Å². The Morgan fingerprint density at radius 3 is 2.77 bits per heavy atom. The van der Waals surface area contributed by atoms with Crippen LogP contribution in [0.25, 0.3) is 32.5 Å². The van der Waals surface area contributed by atoms with Crippen molar-refractivity contribution in [2.24, 2.45) is 0 Å². The van der Waals surface area contributed by atoms with Gasteiger partial charge in [0.05, 0.1) is 47.4 Å². The lowest BCUT2D eigenvalue weighted by Crippen LogP contribution is -2.47. The lowest BCUT2D eigenvalue weighted by molar-refractivity contribution is -0.120. The minimum Gasteiger partial charge on any atom is -0.378 e. The molecule has 3 aromatic heterocycles. The Hall–Kier alpha value is -3.87. The lowest BCUT2D eigenvalue weighted by atomic mass is 10.1. The maximum absolute atomic E-state index is 12.2. The smallest absolute Gasteiger partial charge is 0.267 e. The SMILES string of the molecule is C=C(C(=O)NCC=O)N1CCN(Cc2cc3nc(-c4cccc5[nH]ncc45)nc(N4CCOCC4)c3s2)CC1. The molecule has 0 unspecified atom stereocenters. The third-order valence-electron chi connectivity index (χ3n) is 7.18. The Morgan fingerprint density at radius 1 is 1.15 bits per heavy atom. The summed E-state index contributed by atoms with van der Waals surface area (Å²) in [5.74, 6) is 1.36. The van der Waals surface area contributed by atoms with Crippen LogP contribution in [0.5, 0.6) is 0 Å². The zero-order valence-electron chi connectivity index (χ0n) is 21.6. The fourth-order valence-electron chi connectivity index (χ4n) is 5.09. The van der Waals surface area contributed by atoms with Gasteiger partial charge < -0.3 is 24.6 Å². The van der Waals surface area contributed by atoms with Crippen LogP contribution < -0.4 is 10.2 Å². The van der Waals surface area contributed by atoms with E-state index in [2.05, 4.69) is 38.0 Å². The number of morpholine rings is 1. The van der Waals surface area contributed by atoms with Gasteiger partial charge in [0, 0.05) is 61.6 Å². The third kappa shape index (κ3) is 5.22. The molecule has 12 heteroatoms. The lowest BCUT2D eigenvalue weighted by Gasteiger charge is -2.36. The number of benzene rings is 1. The molecule has 4 aromatic rings. The van der Waals surface area contributed by atoms with Crippen LogP contribution in [0.2, 0.25) is 0 Å². The number of amides is 1. The van der Waals surface area contributed by atoms with Gasteiger partial charge in [0.25, 0.3) is 5.91 Å². The molecule has 6 rings (SSSR count). The van der Waals surface area contributed by atoms with Crippen molar-refractivity contribution in [2.75, 3.05) is 63.9 Å². The van der Waals surface area contributed by atoms with Crippen LogP contribution in [-0.4, -0.2) is 101 Å². The van der Waals surface area contributed by atoms with E-state index in [1.165, 1.54) is 4.88 Å². The van der Waals surface area contributed by atoms with Crippen molar-refractivity contribution < 1.29 is 14.3 Å². The summed E-state index contributed by atoms with van der Waals surface area (Å²) in [6.07, 6.45) is 2.50. The van der Waals surface area contributed by atoms with E-state index in [0.717, 1.165) is 65.2 Å². The van der Waals surface area contributed by atoms with Gasteiger partial charge in [-0.25, -0.2) is 9.97 Å². The first-order chi connectivity index (χ1) is 19.1. The fraction of sp³-hybridized carbons (Fsp3) is 0.370.